The first-order chi connectivity index (χ1) is 10.5. The van der Waals surface area contributed by atoms with Gasteiger partial charge in [-0.2, -0.15) is 0 Å². The van der Waals surface area contributed by atoms with Crippen LogP contribution in [0, 0.1) is 6.92 Å². The topological polar surface area (TPSA) is 52.6 Å². The van der Waals surface area contributed by atoms with Gasteiger partial charge in [-0.15, -0.1) is 0 Å². The second-order valence-corrected chi connectivity index (χ2v) is 4.90. The van der Waals surface area contributed by atoms with Crippen molar-refractivity contribution in [3.05, 3.63) is 71.8 Å². The highest BCUT2D eigenvalue weighted by Crippen LogP contribution is 2.17. The maximum atomic E-state index is 12.0. The summed E-state index contributed by atoms with van der Waals surface area (Å²) in [5.74, 6) is -0.148. The summed E-state index contributed by atoms with van der Waals surface area (Å²) in [5, 5.41) is 0. The van der Waals surface area contributed by atoms with E-state index in [0.717, 1.165) is 5.56 Å². The molecule has 2 aromatic rings. The fourth-order valence-electron chi connectivity index (χ4n) is 1.63. The van der Waals surface area contributed by atoms with Gasteiger partial charge in [-0.3, -0.25) is 0 Å². The molecule has 4 nitrogen and oxygen atoms in total. The standard InChI is InChI=1S/C18H16O4/c1-12(2)17(19)21-16-10-6-14(7-11-16)18(20)22-15-8-4-13(3)5-9-15/h4-11H,1H2,2-3H3. The van der Waals surface area contributed by atoms with E-state index in [2.05, 4.69) is 6.58 Å². The fourth-order valence-corrected chi connectivity index (χ4v) is 1.63. The molecule has 22 heavy (non-hydrogen) atoms. The number of benzene rings is 2. The molecule has 112 valence electrons. The van der Waals surface area contributed by atoms with E-state index in [9.17, 15) is 9.59 Å². The van der Waals surface area contributed by atoms with E-state index in [0.29, 0.717) is 22.6 Å². The largest absolute Gasteiger partial charge is 0.423 e. The lowest BCUT2D eigenvalue weighted by Crippen LogP contribution is -2.10. The molecular formula is C18H16O4. The van der Waals surface area contributed by atoms with Crippen LogP contribution in [-0.2, 0) is 4.79 Å². The average molecular weight is 296 g/mol. The normalized spacial score (nSPS) is 9.91. The lowest BCUT2D eigenvalue weighted by molar-refractivity contribution is -0.130. The van der Waals surface area contributed by atoms with Crippen LogP contribution in [0.1, 0.15) is 22.8 Å². The first-order valence-electron chi connectivity index (χ1n) is 6.72. The third-order valence-corrected chi connectivity index (χ3v) is 2.88. The second-order valence-electron chi connectivity index (χ2n) is 4.90. The molecule has 0 fully saturated rings. The molecule has 0 aliphatic rings. The van der Waals surface area contributed by atoms with Gasteiger partial charge in [-0.1, -0.05) is 24.3 Å². The minimum atomic E-state index is -0.505. The third-order valence-electron chi connectivity index (χ3n) is 2.88. The van der Waals surface area contributed by atoms with E-state index in [1.54, 1.807) is 19.1 Å². The molecule has 4 heteroatoms. The molecule has 0 aliphatic heterocycles. The summed E-state index contributed by atoms with van der Waals surface area (Å²) < 4.78 is 10.3. The summed E-state index contributed by atoms with van der Waals surface area (Å²) >= 11 is 0. The predicted molar refractivity (Wildman–Crippen MR) is 83.0 cm³/mol. The van der Waals surface area contributed by atoms with E-state index in [1.165, 1.54) is 24.3 Å². The molecule has 0 saturated heterocycles. The Bertz CT molecular complexity index is 697. The van der Waals surface area contributed by atoms with E-state index in [1.807, 2.05) is 19.1 Å². The number of rotatable bonds is 4. The van der Waals surface area contributed by atoms with Crippen LogP contribution in [0.2, 0.25) is 0 Å². The highest BCUT2D eigenvalue weighted by Gasteiger charge is 2.10. The predicted octanol–water partition coefficient (Wildman–Crippen LogP) is 3.70. The van der Waals surface area contributed by atoms with Crippen LogP contribution in [0.5, 0.6) is 11.5 Å². The molecule has 0 heterocycles. The van der Waals surface area contributed by atoms with Crippen molar-refractivity contribution in [3.8, 4) is 11.5 Å². The van der Waals surface area contributed by atoms with Gasteiger partial charge in [0, 0.05) is 5.57 Å². The van der Waals surface area contributed by atoms with E-state index >= 15 is 0 Å². The van der Waals surface area contributed by atoms with Gasteiger partial charge in [0.1, 0.15) is 11.5 Å². The minimum Gasteiger partial charge on any atom is -0.423 e. The molecule has 0 unspecified atom stereocenters. The Labute approximate surface area is 129 Å². The summed E-state index contributed by atoms with van der Waals surface area (Å²) in [4.78, 5) is 23.4. The van der Waals surface area contributed by atoms with Crippen LogP contribution in [0.15, 0.2) is 60.7 Å². The van der Waals surface area contributed by atoms with Gasteiger partial charge in [0.25, 0.3) is 0 Å². The van der Waals surface area contributed by atoms with Crippen molar-refractivity contribution in [2.45, 2.75) is 13.8 Å². The Balaban J connectivity index is 2.03. The van der Waals surface area contributed by atoms with Crippen LogP contribution < -0.4 is 9.47 Å². The van der Waals surface area contributed by atoms with Crippen molar-refractivity contribution in [1.29, 1.82) is 0 Å². The first kappa shape index (κ1) is 15.5. The van der Waals surface area contributed by atoms with Gasteiger partial charge in [0.05, 0.1) is 5.56 Å². The van der Waals surface area contributed by atoms with Crippen molar-refractivity contribution in [2.75, 3.05) is 0 Å². The zero-order valence-corrected chi connectivity index (χ0v) is 12.5. The zero-order chi connectivity index (χ0) is 16.1. The Morgan fingerprint density at radius 2 is 1.36 bits per heavy atom. The summed E-state index contributed by atoms with van der Waals surface area (Å²) in [5.41, 5.74) is 1.77. The molecule has 0 N–H and O–H groups in total. The van der Waals surface area contributed by atoms with Crippen LogP contribution in [0.25, 0.3) is 0 Å². The third kappa shape index (κ3) is 4.06. The lowest BCUT2D eigenvalue weighted by Gasteiger charge is -2.06. The van der Waals surface area contributed by atoms with Crippen LogP contribution in [-0.4, -0.2) is 11.9 Å². The van der Waals surface area contributed by atoms with Crippen molar-refractivity contribution in [1.82, 2.24) is 0 Å². The summed E-state index contributed by atoms with van der Waals surface area (Å²) in [6, 6.07) is 13.3. The highest BCUT2D eigenvalue weighted by atomic mass is 16.5. The van der Waals surface area contributed by atoms with Gasteiger partial charge >= 0.3 is 11.9 Å². The maximum Gasteiger partial charge on any atom is 0.343 e. The Hall–Kier alpha value is -2.88. The van der Waals surface area contributed by atoms with E-state index in [4.69, 9.17) is 9.47 Å². The minimum absolute atomic E-state index is 0.308. The first-order valence-corrected chi connectivity index (χ1v) is 6.72. The van der Waals surface area contributed by atoms with E-state index in [-0.39, 0.29) is 0 Å². The molecule has 2 rings (SSSR count). The van der Waals surface area contributed by atoms with Gasteiger partial charge < -0.3 is 9.47 Å². The smallest absolute Gasteiger partial charge is 0.343 e. The molecule has 0 saturated carbocycles. The quantitative estimate of drug-likeness (QED) is 0.490. The highest BCUT2D eigenvalue weighted by molar-refractivity contribution is 5.91. The average Bonchev–Trinajstić information content (AvgIpc) is 2.50. The monoisotopic (exact) mass is 296 g/mol. The molecule has 0 amide bonds. The van der Waals surface area contributed by atoms with Gasteiger partial charge in [-0.25, -0.2) is 9.59 Å². The van der Waals surface area contributed by atoms with Crippen LogP contribution in [0.4, 0.5) is 0 Å². The molecule has 0 spiro atoms. The molecule has 0 aliphatic carbocycles. The summed E-state index contributed by atoms with van der Waals surface area (Å²) in [6.07, 6.45) is 0. The van der Waals surface area contributed by atoms with Gasteiger partial charge in [-0.05, 0) is 50.2 Å². The Kier molecular flexibility index (Phi) is 4.73. The van der Waals surface area contributed by atoms with Crippen LogP contribution in [0.3, 0.4) is 0 Å². The molecule has 0 radical (unpaired) electrons. The van der Waals surface area contributed by atoms with Crippen molar-refractivity contribution in [3.63, 3.8) is 0 Å². The van der Waals surface area contributed by atoms with Gasteiger partial charge in [0.15, 0.2) is 0 Å². The number of aryl methyl sites for hydroxylation is 1. The molecule has 0 aromatic heterocycles. The number of esters is 2. The number of ether oxygens (including phenoxy) is 2. The maximum absolute atomic E-state index is 12.0. The van der Waals surface area contributed by atoms with E-state index < -0.39 is 11.9 Å². The van der Waals surface area contributed by atoms with Crippen LogP contribution >= 0.6 is 0 Å². The SMILES string of the molecule is C=C(C)C(=O)Oc1ccc(C(=O)Oc2ccc(C)cc2)cc1. The molecule has 0 bridgehead atoms. The number of hydrogen-bond donors (Lipinski definition) is 0. The summed E-state index contributed by atoms with van der Waals surface area (Å²) in [6.45, 7) is 7.02. The fraction of sp³-hybridized carbons (Fsp3) is 0.111. The van der Waals surface area contributed by atoms with Crippen molar-refractivity contribution < 1.29 is 19.1 Å². The Morgan fingerprint density at radius 3 is 1.91 bits per heavy atom. The number of carbonyl (C=O) groups excluding carboxylic acids is 2. The molecule has 2 aromatic carbocycles. The molecular weight excluding hydrogens is 280 g/mol. The molecule has 0 atom stereocenters. The van der Waals surface area contributed by atoms with Crippen molar-refractivity contribution in [2.24, 2.45) is 0 Å². The number of hydrogen-bond acceptors (Lipinski definition) is 4. The van der Waals surface area contributed by atoms with Crippen molar-refractivity contribution >= 4 is 11.9 Å². The Morgan fingerprint density at radius 1 is 0.864 bits per heavy atom. The lowest BCUT2D eigenvalue weighted by atomic mass is 10.2. The van der Waals surface area contributed by atoms with Gasteiger partial charge in [0.2, 0.25) is 0 Å². The number of carbonyl (C=O) groups is 2. The second kappa shape index (κ2) is 6.72. The zero-order valence-electron chi connectivity index (χ0n) is 12.5. The summed E-state index contributed by atoms with van der Waals surface area (Å²) in [7, 11) is 0.